The SMILES string of the molecule is CCC1(CC)CCN(Cc2cc(C(=O)O)ccc2F)CC1. The van der Waals surface area contributed by atoms with E-state index in [9.17, 15) is 9.18 Å². The van der Waals surface area contributed by atoms with Crippen molar-refractivity contribution in [2.45, 2.75) is 46.1 Å². The van der Waals surface area contributed by atoms with Gasteiger partial charge < -0.3 is 5.11 Å². The molecule has 1 saturated heterocycles. The second-order valence-electron chi connectivity index (χ2n) is 6.09. The third-order valence-electron chi connectivity index (χ3n) is 5.10. The molecule has 4 heteroatoms. The average molecular weight is 293 g/mol. The summed E-state index contributed by atoms with van der Waals surface area (Å²) in [7, 11) is 0. The molecule has 1 aromatic rings. The molecule has 2 rings (SSSR count). The molecule has 0 bridgehead atoms. The van der Waals surface area contributed by atoms with E-state index in [-0.39, 0.29) is 11.4 Å². The Kier molecular flexibility index (Phi) is 4.99. The zero-order valence-corrected chi connectivity index (χ0v) is 12.9. The van der Waals surface area contributed by atoms with E-state index in [2.05, 4.69) is 18.7 Å². The number of hydrogen-bond donors (Lipinski definition) is 1. The number of rotatable bonds is 5. The Bertz CT molecular complexity index is 502. The molecule has 0 saturated carbocycles. The molecule has 0 aromatic heterocycles. The molecule has 21 heavy (non-hydrogen) atoms. The minimum absolute atomic E-state index is 0.153. The first kappa shape index (κ1) is 16.0. The molecule has 1 aliphatic heterocycles. The van der Waals surface area contributed by atoms with Crippen molar-refractivity contribution in [1.82, 2.24) is 4.90 Å². The summed E-state index contributed by atoms with van der Waals surface area (Å²) >= 11 is 0. The molecule has 0 amide bonds. The van der Waals surface area contributed by atoms with Gasteiger partial charge in [0, 0.05) is 12.1 Å². The number of likely N-dealkylation sites (tertiary alicyclic amines) is 1. The quantitative estimate of drug-likeness (QED) is 0.894. The highest BCUT2D eigenvalue weighted by molar-refractivity contribution is 5.87. The predicted octanol–water partition coefficient (Wildman–Crippen LogP) is 3.93. The summed E-state index contributed by atoms with van der Waals surface area (Å²) in [5.74, 6) is -1.33. The molecule has 1 aliphatic rings. The van der Waals surface area contributed by atoms with Gasteiger partial charge in [-0.25, -0.2) is 9.18 Å². The molecular formula is C17H24FNO2. The van der Waals surface area contributed by atoms with Crippen LogP contribution in [0, 0.1) is 11.2 Å². The van der Waals surface area contributed by atoms with Crippen molar-refractivity contribution in [3.05, 3.63) is 35.1 Å². The molecule has 3 nitrogen and oxygen atoms in total. The van der Waals surface area contributed by atoms with Crippen LogP contribution < -0.4 is 0 Å². The van der Waals surface area contributed by atoms with Crippen molar-refractivity contribution in [2.24, 2.45) is 5.41 Å². The van der Waals surface area contributed by atoms with Crippen molar-refractivity contribution in [1.29, 1.82) is 0 Å². The van der Waals surface area contributed by atoms with Crippen molar-refractivity contribution < 1.29 is 14.3 Å². The monoisotopic (exact) mass is 293 g/mol. The van der Waals surface area contributed by atoms with E-state index >= 15 is 0 Å². The molecule has 0 unspecified atom stereocenters. The highest BCUT2D eigenvalue weighted by Crippen LogP contribution is 2.38. The molecule has 1 aromatic carbocycles. The molecule has 0 aliphatic carbocycles. The van der Waals surface area contributed by atoms with Gasteiger partial charge in [-0.3, -0.25) is 4.90 Å². The highest BCUT2D eigenvalue weighted by Gasteiger charge is 2.31. The summed E-state index contributed by atoms with van der Waals surface area (Å²) in [6, 6.07) is 4.03. The number of piperidine rings is 1. The first-order valence-electron chi connectivity index (χ1n) is 7.74. The summed E-state index contributed by atoms with van der Waals surface area (Å²) in [6.07, 6.45) is 4.67. The van der Waals surface area contributed by atoms with Crippen LogP contribution in [0.5, 0.6) is 0 Å². The summed E-state index contributed by atoms with van der Waals surface area (Å²) in [5, 5.41) is 9.00. The van der Waals surface area contributed by atoms with Crippen LogP contribution in [0.2, 0.25) is 0 Å². The van der Waals surface area contributed by atoms with Crippen molar-refractivity contribution in [3.63, 3.8) is 0 Å². The van der Waals surface area contributed by atoms with E-state index < -0.39 is 5.97 Å². The van der Waals surface area contributed by atoms with Gasteiger partial charge in [0.25, 0.3) is 0 Å². The van der Waals surface area contributed by atoms with Crippen molar-refractivity contribution in [2.75, 3.05) is 13.1 Å². The third kappa shape index (κ3) is 3.62. The third-order valence-corrected chi connectivity index (χ3v) is 5.10. The van der Waals surface area contributed by atoms with Crippen molar-refractivity contribution in [3.8, 4) is 0 Å². The van der Waals surface area contributed by atoms with Crippen LogP contribution in [0.4, 0.5) is 4.39 Å². The normalized spacial score (nSPS) is 18.6. The minimum Gasteiger partial charge on any atom is -0.478 e. The number of carboxylic acid groups (broad SMARTS) is 1. The molecule has 1 heterocycles. The number of aromatic carboxylic acids is 1. The lowest BCUT2D eigenvalue weighted by atomic mass is 9.74. The predicted molar refractivity (Wildman–Crippen MR) is 80.9 cm³/mol. The highest BCUT2D eigenvalue weighted by atomic mass is 19.1. The molecule has 0 radical (unpaired) electrons. The summed E-state index contributed by atoms with van der Waals surface area (Å²) in [5.41, 5.74) is 1.08. The lowest BCUT2D eigenvalue weighted by Crippen LogP contribution is -2.39. The minimum atomic E-state index is -1.01. The summed E-state index contributed by atoms with van der Waals surface area (Å²) in [6.45, 7) is 6.90. The van der Waals surface area contributed by atoms with Gasteiger partial charge in [-0.1, -0.05) is 26.7 Å². The number of carbonyl (C=O) groups is 1. The number of hydrogen-bond acceptors (Lipinski definition) is 2. The Balaban J connectivity index is 2.03. The lowest BCUT2D eigenvalue weighted by molar-refractivity contribution is 0.0696. The summed E-state index contributed by atoms with van der Waals surface area (Å²) < 4.78 is 13.9. The van der Waals surface area contributed by atoms with E-state index in [0.717, 1.165) is 25.9 Å². The molecule has 0 spiro atoms. The Hall–Kier alpha value is -1.42. The maximum absolute atomic E-state index is 13.9. The van der Waals surface area contributed by atoms with Gasteiger partial charge in [0.15, 0.2) is 0 Å². The fourth-order valence-corrected chi connectivity index (χ4v) is 3.21. The van der Waals surface area contributed by atoms with Gasteiger partial charge >= 0.3 is 5.97 Å². The van der Waals surface area contributed by atoms with Crippen LogP contribution >= 0.6 is 0 Å². The Morgan fingerprint density at radius 2 is 1.90 bits per heavy atom. The average Bonchev–Trinajstić information content (AvgIpc) is 2.50. The van der Waals surface area contributed by atoms with Crippen molar-refractivity contribution >= 4 is 5.97 Å². The summed E-state index contributed by atoms with van der Waals surface area (Å²) in [4.78, 5) is 13.2. The van der Waals surface area contributed by atoms with Gasteiger partial charge in [0.1, 0.15) is 5.82 Å². The first-order valence-corrected chi connectivity index (χ1v) is 7.74. The van der Waals surface area contributed by atoms with Gasteiger partial charge in [0.05, 0.1) is 5.56 Å². The van der Waals surface area contributed by atoms with E-state index in [0.29, 0.717) is 17.5 Å². The van der Waals surface area contributed by atoms with E-state index in [1.54, 1.807) is 0 Å². The standard InChI is InChI=1S/C17H24FNO2/c1-3-17(4-2)7-9-19(10-8-17)12-14-11-13(16(20)21)5-6-15(14)18/h5-6,11H,3-4,7-10,12H2,1-2H3,(H,20,21). The zero-order valence-electron chi connectivity index (χ0n) is 12.9. The molecule has 116 valence electrons. The number of carboxylic acids is 1. The van der Waals surface area contributed by atoms with Crippen LogP contribution in [-0.4, -0.2) is 29.1 Å². The number of nitrogens with zero attached hydrogens (tertiary/aromatic N) is 1. The molecule has 0 atom stereocenters. The maximum atomic E-state index is 13.9. The van der Waals surface area contributed by atoms with Gasteiger partial charge in [0.2, 0.25) is 0 Å². The topological polar surface area (TPSA) is 40.5 Å². The molecule has 1 fully saturated rings. The number of benzene rings is 1. The number of halogens is 1. The van der Waals surface area contributed by atoms with E-state index in [4.69, 9.17) is 5.11 Å². The smallest absolute Gasteiger partial charge is 0.335 e. The fourth-order valence-electron chi connectivity index (χ4n) is 3.21. The second kappa shape index (κ2) is 6.56. The van der Waals surface area contributed by atoms with Crippen LogP contribution in [0.25, 0.3) is 0 Å². The van der Waals surface area contributed by atoms with E-state index in [1.807, 2.05) is 0 Å². The fraction of sp³-hybridized carbons (Fsp3) is 0.588. The largest absolute Gasteiger partial charge is 0.478 e. The van der Waals surface area contributed by atoms with Gasteiger partial charge in [-0.15, -0.1) is 0 Å². The molecule has 1 N–H and O–H groups in total. The Morgan fingerprint density at radius 1 is 1.29 bits per heavy atom. The van der Waals surface area contributed by atoms with Gasteiger partial charge in [-0.2, -0.15) is 0 Å². The van der Waals surface area contributed by atoms with Gasteiger partial charge in [-0.05, 0) is 49.5 Å². The second-order valence-corrected chi connectivity index (χ2v) is 6.09. The van der Waals surface area contributed by atoms with Crippen LogP contribution in [-0.2, 0) is 6.54 Å². The van der Waals surface area contributed by atoms with Crippen LogP contribution in [0.15, 0.2) is 18.2 Å². The molecular weight excluding hydrogens is 269 g/mol. The van der Waals surface area contributed by atoms with Crippen LogP contribution in [0.3, 0.4) is 0 Å². The zero-order chi connectivity index (χ0) is 15.5. The lowest BCUT2D eigenvalue weighted by Gasteiger charge is -2.41. The Labute approximate surface area is 125 Å². The van der Waals surface area contributed by atoms with E-state index in [1.165, 1.54) is 31.0 Å². The van der Waals surface area contributed by atoms with Crippen LogP contribution in [0.1, 0.15) is 55.5 Å². The maximum Gasteiger partial charge on any atom is 0.335 e. The Morgan fingerprint density at radius 3 is 2.43 bits per heavy atom. The first-order chi connectivity index (χ1) is 9.99.